The van der Waals surface area contributed by atoms with E-state index >= 15 is 0 Å². The molecule has 2 rings (SSSR count). The van der Waals surface area contributed by atoms with Crippen molar-refractivity contribution in [3.05, 3.63) is 43.8 Å². The normalized spacial score (nSPS) is 10.6. The first-order valence-electron chi connectivity index (χ1n) is 6.55. The number of hydrogen-bond acceptors (Lipinski definition) is 3. The Bertz CT molecular complexity index is 637. The monoisotopic (exact) mass is 352 g/mol. The lowest BCUT2D eigenvalue weighted by Crippen LogP contribution is -2.11. The summed E-state index contributed by atoms with van der Waals surface area (Å²) in [7, 11) is 0. The number of carbonyl (C=O) groups excluding carboxylic acids is 1. The molecule has 2 aromatic rings. The van der Waals surface area contributed by atoms with Crippen molar-refractivity contribution in [1.29, 1.82) is 0 Å². The molecule has 0 atom stereocenters. The van der Waals surface area contributed by atoms with E-state index < -0.39 is 0 Å². The van der Waals surface area contributed by atoms with Gasteiger partial charge in [0, 0.05) is 10.2 Å². The fraction of sp³-hybridized carbons (Fsp3) is 0.333. The minimum Gasteiger partial charge on any atom is -0.321 e. The summed E-state index contributed by atoms with van der Waals surface area (Å²) in [5, 5.41) is 3.95. The highest BCUT2D eigenvalue weighted by Crippen LogP contribution is 2.23. The molecule has 1 aromatic heterocycles. The average molecular weight is 353 g/mol. The zero-order chi connectivity index (χ0) is 14.7. The van der Waals surface area contributed by atoms with Crippen LogP contribution in [-0.2, 0) is 6.42 Å². The van der Waals surface area contributed by atoms with E-state index in [2.05, 4.69) is 33.2 Å². The Kier molecular flexibility index (Phi) is 4.94. The molecule has 0 unspecified atom stereocenters. The molecule has 20 heavy (non-hydrogen) atoms. The van der Waals surface area contributed by atoms with Crippen LogP contribution in [0.2, 0.25) is 0 Å². The number of rotatable bonds is 4. The van der Waals surface area contributed by atoms with Gasteiger partial charge in [0.2, 0.25) is 0 Å². The standard InChI is InChI=1S/C15H17BrN2OS/c1-4-5-13-17-10(3)14(20-13)15(19)18-11-7-6-9(2)12(16)8-11/h6-8H,4-5H2,1-3H3,(H,18,19). The van der Waals surface area contributed by atoms with Gasteiger partial charge in [-0.1, -0.05) is 28.9 Å². The van der Waals surface area contributed by atoms with Crippen LogP contribution in [0.25, 0.3) is 0 Å². The molecule has 1 heterocycles. The van der Waals surface area contributed by atoms with Crippen LogP contribution in [0.1, 0.15) is 39.3 Å². The van der Waals surface area contributed by atoms with E-state index in [1.165, 1.54) is 11.3 Å². The van der Waals surface area contributed by atoms with Gasteiger partial charge >= 0.3 is 0 Å². The highest BCUT2D eigenvalue weighted by atomic mass is 79.9. The molecular formula is C15H17BrN2OS. The molecule has 0 bridgehead atoms. The van der Waals surface area contributed by atoms with Gasteiger partial charge < -0.3 is 5.32 Å². The highest BCUT2D eigenvalue weighted by molar-refractivity contribution is 9.10. The van der Waals surface area contributed by atoms with Crippen molar-refractivity contribution in [3.63, 3.8) is 0 Å². The Labute approximate surface area is 131 Å². The van der Waals surface area contributed by atoms with Crippen molar-refractivity contribution >= 4 is 38.9 Å². The van der Waals surface area contributed by atoms with Crippen LogP contribution in [0, 0.1) is 13.8 Å². The highest BCUT2D eigenvalue weighted by Gasteiger charge is 2.15. The fourth-order valence-electron chi connectivity index (χ4n) is 1.84. The van der Waals surface area contributed by atoms with Crippen LogP contribution in [0.4, 0.5) is 5.69 Å². The number of nitrogens with zero attached hydrogens (tertiary/aromatic N) is 1. The third-order valence-corrected chi connectivity index (χ3v) is 5.01. The summed E-state index contributed by atoms with van der Waals surface area (Å²) >= 11 is 4.95. The largest absolute Gasteiger partial charge is 0.321 e. The van der Waals surface area contributed by atoms with Crippen LogP contribution < -0.4 is 5.32 Å². The van der Waals surface area contributed by atoms with E-state index in [9.17, 15) is 4.79 Å². The van der Waals surface area contributed by atoms with E-state index in [0.717, 1.165) is 39.3 Å². The van der Waals surface area contributed by atoms with E-state index in [1.807, 2.05) is 32.0 Å². The second-order valence-corrected chi connectivity index (χ2v) is 6.63. The summed E-state index contributed by atoms with van der Waals surface area (Å²) in [6.07, 6.45) is 1.97. The molecule has 106 valence electrons. The zero-order valence-electron chi connectivity index (χ0n) is 11.8. The van der Waals surface area contributed by atoms with Gasteiger partial charge in [-0.3, -0.25) is 4.79 Å². The summed E-state index contributed by atoms with van der Waals surface area (Å²) in [5.74, 6) is -0.0851. The maximum Gasteiger partial charge on any atom is 0.267 e. The SMILES string of the molecule is CCCc1nc(C)c(C(=O)Nc2ccc(C)c(Br)c2)s1. The molecule has 1 N–H and O–H groups in total. The van der Waals surface area contributed by atoms with Crippen LogP contribution in [0.15, 0.2) is 22.7 Å². The Morgan fingerprint density at radius 2 is 2.15 bits per heavy atom. The topological polar surface area (TPSA) is 42.0 Å². The van der Waals surface area contributed by atoms with Crippen molar-refractivity contribution < 1.29 is 4.79 Å². The molecule has 0 spiro atoms. The van der Waals surface area contributed by atoms with E-state index in [-0.39, 0.29) is 5.91 Å². The lowest BCUT2D eigenvalue weighted by Gasteiger charge is -2.06. The summed E-state index contributed by atoms with van der Waals surface area (Å²) in [6, 6.07) is 5.79. The smallest absolute Gasteiger partial charge is 0.267 e. The molecule has 0 aliphatic rings. The van der Waals surface area contributed by atoms with Crippen LogP contribution in [-0.4, -0.2) is 10.9 Å². The number of thiazole rings is 1. The quantitative estimate of drug-likeness (QED) is 0.864. The van der Waals surface area contributed by atoms with Crippen LogP contribution in [0.5, 0.6) is 0 Å². The molecule has 0 fully saturated rings. The number of aryl methyl sites for hydroxylation is 3. The summed E-state index contributed by atoms with van der Waals surface area (Å²) in [6.45, 7) is 6.01. The molecule has 0 saturated carbocycles. The summed E-state index contributed by atoms with van der Waals surface area (Å²) < 4.78 is 0.989. The first kappa shape index (κ1) is 15.2. The number of hydrogen-bond donors (Lipinski definition) is 1. The van der Waals surface area contributed by atoms with E-state index in [0.29, 0.717) is 4.88 Å². The summed E-state index contributed by atoms with van der Waals surface area (Å²) in [5.41, 5.74) is 2.74. The lowest BCUT2D eigenvalue weighted by molar-refractivity contribution is 0.103. The number of aromatic nitrogens is 1. The molecule has 0 saturated heterocycles. The van der Waals surface area contributed by atoms with Gasteiger partial charge in [0.05, 0.1) is 10.7 Å². The fourth-order valence-corrected chi connectivity index (χ4v) is 3.28. The van der Waals surface area contributed by atoms with Gasteiger partial charge in [-0.05, 0) is 44.4 Å². The van der Waals surface area contributed by atoms with Gasteiger partial charge in [-0.25, -0.2) is 4.98 Å². The summed E-state index contributed by atoms with van der Waals surface area (Å²) in [4.78, 5) is 17.4. The number of amides is 1. The van der Waals surface area contributed by atoms with Crippen LogP contribution in [0.3, 0.4) is 0 Å². The van der Waals surface area contributed by atoms with Crippen molar-refractivity contribution in [2.24, 2.45) is 0 Å². The maximum absolute atomic E-state index is 12.3. The van der Waals surface area contributed by atoms with Gasteiger partial charge in [0.25, 0.3) is 5.91 Å². The van der Waals surface area contributed by atoms with Gasteiger partial charge in [0.15, 0.2) is 0 Å². The first-order valence-corrected chi connectivity index (χ1v) is 8.16. The van der Waals surface area contributed by atoms with Crippen molar-refractivity contribution in [2.75, 3.05) is 5.32 Å². The number of halogens is 1. The average Bonchev–Trinajstić information content (AvgIpc) is 2.75. The predicted molar refractivity (Wildman–Crippen MR) is 87.7 cm³/mol. The van der Waals surface area contributed by atoms with Crippen molar-refractivity contribution in [2.45, 2.75) is 33.6 Å². The number of carbonyl (C=O) groups is 1. The molecule has 1 amide bonds. The van der Waals surface area contributed by atoms with Crippen molar-refractivity contribution in [1.82, 2.24) is 4.98 Å². The minimum atomic E-state index is -0.0851. The van der Waals surface area contributed by atoms with Crippen LogP contribution >= 0.6 is 27.3 Å². The van der Waals surface area contributed by atoms with E-state index in [4.69, 9.17) is 0 Å². The molecule has 0 radical (unpaired) electrons. The molecule has 3 nitrogen and oxygen atoms in total. The molecule has 0 aliphatic carbocycles. The van der Waals surface area contributed by atoms with E-state index in [1.54, 1.807) is 0 Å². The Morgan fingerprint density at radius 3 is 2.80 bits per heavy atom. The number of anilines is 1. The van der Waals surface area contributed by atoms with Gasteiger partial charge in [-0.2, -0.15) is 0 Å². The Balaban J connectivity index is 2.17. The molecule has 1 aromatic carbocycles. The molecule has 0 aliphatic heterocycles. The van der Waals surface area contributed by atoms with Gasteiger partial charge in [0.1, 0.15) is 4.88 Å². The minimum absolute atomic E-state index is 0.0851. The predicted octanol–water partition coefficient (Wildman–Crippen LogP) is 4.73. The van der Waals surface area contributed by atoms with Gasteiger partial charge in [-0.15, -0.1) is 11.3 Å². The second-order valence-electron chi connectivity index (χ2n) is 4.69. The molecule has 5 heteroatoms. The Morgan fingerprint density at radius 1 is 1.40 bits per heavy atom. The second kappa shape index (κ2) is 6.50. The Hall–Kier alpha value is -1.20. The lowest BCUT2D eigenvalue weighted by atomic mass is 10.2. The zero-order valence-corrected chi connectivity index (χ0v) is 14.2. The van der Waals surface area contributed by atoms with Crippen molar-refractivity contribution in [3.8, 4) is 0 Å². The number of nitrogens with one attached hydrogen (secondary N) is 1. The molecular weight excluding hydrogens is 336 g/mol. The third-order valence-electron chi connectivity index (χ3n) is 2.94. The maximum atomic E-state index is 12.3. The first-order chi connectivity index (χ1) is 9.51. The third kappa shape index (κ3) is 3.46. The number of benzene rings is 1.